The molecule has 2 N–H and O–H groups in total. The second kappa shape index (κ2) is 5.89. The molecule has 0 saturated carbocycles. The fourth-order valence-corrected chi connectivity index (χ4v) is 2.56. The number of thioether (sulfide) groups is 1. The number of aryl methyl sites for hydroxylation is 1. The third-order valence-electron chi connectivity index (χ3n) is 2.59. The molecule has 1 aromatic heterocycles. The van der Waals surface area contributed by atoms with E-state index in [1.807, 2.05) is 30.6 Å². The summed E-state index contributed by atoms with van der Waals surface area (Å²) in [5.41, 5.74) is 6.16. The summed E-state index contributed by atoms with van der Waals surface area (Å²) in [6.07, 6.45) is 3.79. The van der Waals surface area contributed by atoms with E-state index in [-0.39, 0.29) is 6.04 Å². The molecular formula is C13H17N3S. The Kier molecular flexibility index (Phi) is 4.23. The predicted molar refractivity (Wildman–Crippen MR) is 72.0 cm³/mol. The highest BCUT2D eigenvalue weighted by atomic mass is 32.2. The van der Waals surface area contributed by atoms with Gasteiger partial charge >= 0.3 is 0 Å². The summed E-state index contributed by atoms with van der Waals surface area (Å²) in [5.74, 6) is 1.82. The third kappa shape index (κ3) is 3.11. The molecule has 0 bridgehead atoms. The summed E-state index contributed by atoms with van der Waals surface area (Å²) in [6, 6.07) is 10.3. The van der Waals surface area contributed by atoms with Crippen LogP contribution in [0.5, 0.6) is 0 Å². The van der Waals surface area contributed by atoms with Crippen LogP contribution in [0.1, 0.15) is 18.8 Å². The molecule has 0 fully saturated rings. The van der Waals surface area contributed by atoms with Crippen molar-refractivity contribution in [2.45, 2.75) is 24.4 Å². The van der Waals surface area contributed by atoms with Crippen molar-refractivity contribution in [3.8, 4) is 0 Å². The van der Waals surface area contributed by atoms with Crippen LogP contribution in [0.15, 0.2) is 47.6 Å². The Hall–Kier alpha value is -1.26. The van der Waals surface area contributed by atoms with Crippen LogP contribution >= 0.6 is 11.8 Å². The average Bonchev–Trinajstić information content (AvgIpc) is 2.85. The molecule has 17 heavy (non-hydrogen) atoms. The quantitative estimate of drug-likeness (QED) is 0.826. The molecule has 0 aliphatic rings. The van der Waals surface area contributed by atoms with E-state index in [2.05, 4.69) is 28.6 Å². The number of aromatic nitrogens is 2. The maximum atomic E-state index is 6.16. The summed E-state index contributed by atoms with van der Waals surface area (Å²) in [5, 5.41) is 0. The van der Waals surface area contributed by atoms with Gasteiger partial charge < -0.3 is 10.3 Å². The highest BCUT2D eigenvalue weighted by Gasteiger charge is 2.11. The van der Waals surface area contributed by atoms with Crippen LogP contribution in [-0.4, -0.2) is 15.3 Å². The number of hydrogen-bond acceptors (Lipinski definition) is 3. The summed E-state index contributed by atoms with van der Waals surface area (Å²) >= 11 is 1.77. The number of benzene rings is 1. The fourth-order valence-electron chi connectivity index (χ4n) is 1.69. The highest BCUT2D eigenvalue weighted by Crippen LogP contribution is 2.22. The first kappa shape index (κ1) is 12.2. The Morgan fingerprint density at radius 3 is 2.82 bits per heavy atom. The Balaban J connectivity index is 1.96. The van der Waals surface area contributed by atoms with E-state index in [4.69, 9.17) is 5.73 Å². The van der Waals surface area contributed by atoms with E-state index >= 15 is 0 Å². The SMILES string of the molecule is CCn1ccnc1C(N)CSc1ccccc1. The van der Waals surface area contributed by atoms with E-state index in [1.165, 1.54) is 4.90 Å². The third-order valence-corrected chi connectivity index (χ3v) is 3.72. The monoisotopic (exact) mass is 247 g/mol. The Morgan fingerprint density at radius 2 is 2.12 bits per heavy atom. The number of nitrogens with zero attached hydrogens (tertiary/aromatic N) is 2. The van der Waals surface area contributed by atoms with Gasteiger partial charge in [-0.15, -0.1) is 11.8 Å². The summed E-state index contributed by atoms with van der Waals surface area (Å²) in [6.45, 7) is 3.02. The van der Waals surface area contributed by atoms with Crippen molar-refractivity contribution < 1.29 is 0 Å². The van der Waals surface area contributed by atoms with Gasteiger partial charge in [-0.3, -0.25) is 0 Å². The van der Waals surface area contributed by atoms with Crippen LogP contribution in [-0.2, 0) is 6.54 Å². The molecule has 0 aliphatic carbocycles. The molecule has 0 amide bonds. The Labute approximate surface area is 106 Å². The number of rotatable bonds is 5. The minimum atomic E-state index is -0.0184. The minimum Gasteiger partial charge on any atom is -0.334 e. The second-order valence-electron chi connectivity index (χ2n) is 3.80. The topological polar surface area (TPSA) is 43.8 Å². The van der Waals surface area contributed by atoms with Gasteiger partial charge in [0.1, 0.15) is 5.82 Å². The van der Waals surface area contributed by atoms with Crippen molar-refractivity contribution in [2.24, 2.45) is 5.73 Å². The van der Waals surface area contributed by atoms with Gasteiger partial charge in [0.15, 0.2) is 0 Å². The maximum Gasteiger partial charge on any atom is 0.126 e. The lowest BCUT2D eigenvalue weighted by molar-refractivity contribution is 0.642. The highest BCUT2D eigenvalue weighted by molar-refractivity contribution is 7.99. The Bertz CT molecular complexity index is 453. The molecule has 2 rings (SSSR count). The largest absolute Gasteiger partial charge is 0.334 e. The van der Waals surface area contributed by atoms with Crippen molar-refractivity contribution in [3.05, 3.63) is 48.5 Å². The summed E-state index contributed by atoms with van der Waals surface area (Å²) in [7, 11) is 0. The molecule has 0 radical (unpaired) electrons. The van der Waals surface area contributed by atoms with Gasteiger partial charge in [0.2, 0.25) is 0 Å². The van der Waals surface area contributed by atoms with E-state index in [9.17, 15) is 0 Å². The van der Waals surface area contributed by atoms with Gasteiger partial charge in [-0.25, -0.2) is 4.98 Å². The van der Waals surface area contributed by atoms with E-state index in [0.29, 0.717) is 0 Å². The van der Waals surface area contributed by atoms with Crippen LogP contribution in [0.4, 0.5) is 0 Å². The van der Waals surface area contributed by atoms with Crippen LogP contribution in [0.2, 0.25) is 0 Å². The zero-order valence-electron chi connectivity index (χ0n) is 9.91. The minimum absolute atomic E-state index is 0.0184. The van der Waals surface area contributed by atoms with Crippen LogP contribution < -0.4 is 5.73 Å². The number of nitrogens with two attached hydrogens (primary N) is 1. The Morgan fingerprint density at radius 1 is 1.35 bits per heavy atom. The first-order chi connectivity index (χ1) is 8.31. The van der Waals surface area contributed by atoms with Gasteiger partial charge in [-0.2, -0.15) is 0 Å². The van der Waals surface area contributed by atoms with Gasteiger partial charge in [0, 0.05) is 29.6 Å². The molecule has 0 saturated heterocycles. The lowest BCUT2D eigenvalue weighted by Gasteiger charge is -2.12. The van der Waals surface area contributed by atoms with Gasteiger partial charge in [-0.05, 0) is 19.1 Å². The van der Waals surface area contributed by atoms with Crippen LogP contribution in [0.25, 0.3) is 0 Å². The molecule has 1 unspecified atom stereocenters. The summed E-state index contributed by atoms with van der Waals surface area (Å²) in [4.78, 5) is 5.57. The van der Waals surface area contributed by atoms with Gasteiger partial charge in [0.05, 0.1) is 6.04 Å². The lowest BCUT2D eigenvalue weighted by atomic mass is 10.3. The van der Waals surface area contributed by atoms with Crippen molar-refractivity contribution >= 4 is 11.8 Å². The van der Waals surface area contributed by atoms with E-state index in [1.54, 1.807) is 11.8 Å². The molecule has 0 aliphatic heterocycles. The van der Waals surface area contributed by atoms with Crippen LogP contribution in [0, 0.1) is 0 Å². The van der Waals surface area contributed by atoms with E-state index < -0.39 is 0 Å². The molecule has 1 heterocycles. The molecule has 2 aromatic rings. The molecule has 1 aromatic carbocycles. The van der Waals surface area contributed by atoms with Crippen molar-refractivity contribution in [2.75, 3.05) is 5.75 Å². The molecule has 3 nitrogen and oxygen atoms in total. The first-order valence-corrected chi connectivity index (χ1v) is 6.74. The van der Waals surface area contributed by atoms with Crippen LogP contribution in [0.3, 0.4) is 0 Å². The van der Waals surface area contributed by atoms with E-state index in [0.717, 1.165) is 18.1 Å². The smallest absolute Gasteiger partial charge is 0.126 e. The number of imidazole rings is 1. The maximum absolute atomic E-state index is 6.16. The predicted octanol–water partition coefficient (Wildman–Crippen LogP) is 2.70. The molecule has 1 atom stereocenters. The molecular weight excluding hydrogens is 230 g/mol. The molecule has 90 valence electrons. The van der Waals surface area contributed by atoms with Crippen molar-refractivity contribution in [3.63, 3.8) is 0 Å². The van der Waals surface area contributed by atoms with Crippen molar-refractivity contribution in [1.82, 2.24) is 9.55 Å². The zero-order valence-corrected chi connectivity index (χ0v) is 10.7. The van der Waals surface area contributed by atoms with Gasteiger partial charge in [0.25, 0.3) is 0 Å². The molecule has 0 spiro atoms. The average molecular weight is 247 g/mol. The number of hydrogen-bond donors (Lipinski definition) is 1. The lowest BCUT2D eigenvalue weighted by Crippen LogP contribution is -2.18. The fraction of sp³-hybridized carbons (Fsp3) is 0.308. The normalized spacial score (nSPS) is 12.6. The molecule has 4 heteroatoms. The van der Waals surface area contributed by atoms with Crippen molar-refractivity contribution in [1.29, 1.82) is 0 Å². The first-order valence-electron chi connectivity index (χ1n) is 5.75. The second-order valence-corrected chi connectivity index (χ2v) is 4.90. The zero-order chi connectivity index (χ0) is 12.1. The van der Waals surface area contributed by atoms with Gasteiger partial charge in [-0.1, -0.05) is 18.2 Å². The standard InChI is InChI=1S/C13H17N3S/c1-2-16-9-8-15-13(16)12(14)10-17-11-6-4-3-5-7-11/h3-9,12H,2,10,14H2,1H3. The summed E-state index contributed by atoms with van der Waals surface area (Å²) < 4.78 is 2.09.